The zero-order chi connectivity index (χ0) is 17.9. The maximum absolute atomic E-state index is 5.94. The van der Waals surface area contributed by atoms with Crippen LogP contribution < -0.4 is 10.6 Å². The van der Waals surface area contributed by atoms with Gasteiger partial charge in [0, 0.05) is 36.9 Å². The molecule has 3 heterocycles. The molecule has 4 nitrogen and oxygen atoms in total. The largest absolute Gasteiger partial charge is 0.462 e. The number of furan rings is 1. The Balaban J connectivity index is 1.37. The standard InChI is InChI=1S/C22H33N3O/c1-16-14-20(21-9-8-17(2)26-21)22(23-15-16)25-12-10-19(11-13-25)24-18-6-4-3-5-7-18/h8-9,14-15,18-19,22-24H,3-7,10-13H2,1-2H3. The highest BCUT2D eigenvalue weighted by Gasteiger charge is 2.30. The molecule has 4 heteroatoms. The topological polar surface area (TPSA) is 40.4 Å². The number of piperidine rings is 1. The minimum Gasteiger partial charge on any atom is -0.462 e. The third kappa shape index (κ3) is 4.07. The van der Waals surface area contributed by atoms with E-state index in [4.69, 9.17) is 4.42 Å². The molecule has 142 valence electrons. The molecule has 1 unspecified atom stereocenters. The molecular formula is C22H33N3O. The van der Waals surface area contributed by atoms with Crippen LogP contribution in [-0.2, 0) is 0 Å². The van der Waals surface area contributed by atoms with Gasteiger partial charge >= 0.3 is 0 Å². The lowest BCUT2D eigenvalue weighted by molar-refractivity contribution is 0.149. The number of aryl methyl sites for hydroxylation is 1. The smallest absolute Gasteiger partial charge is 0.133 e. The Hall–Kier alpha value is -1.52. The van der Waals surface area contributed by atoms with E-state index in [0.29, 0.717) is 6.04 Å². The van der Waals surface area contributed by atoms with Gasteiger partial charge in [0.1, 0.15) is 17.7 Å². The number of hydrogen-bond acceptors (Lipinski definition) is 4. The molecule has 1 aliphatic carbocycles. The van der Waals surface area contributed by atoms with Crippen LogP contribution in [0.25, 0.3) is 5.57 Å². The molecule has 0 aromatic carbocycles. The molecule has 1 saturated heterocycles. The zero-order valence-electron chi connectivity index (χ0n) is 16.3. The molecule has 0 amide bonds. The summed E-state index contributed by atoms with van der Waals surface area (Å²) in [5.41, 5.74) is 2.51. The summed E-state index contributed by atoms with van der Waals surface area (Å²) in [5.74, 6) is 1.97. The first-order chi connectivity index (χ1) is 12.7. The van der Waals surface area contributed by atoms with E-state index in [9.17, 15) is 0 Å². The number of nitrogens with zero attached hydrogens (tertiary/aromatic N) is 1. The highest BCUT2D eigenvalue weighted by molar-refractivity contribution is 5.70. The highest BCUT2D eigenvalue weighted by Crippen LogP contribution is 2.29. The average Bonchev–Trinajstić information content (AvgIpc) is 3.10. The van der Waals surface area contributed by atoms with E-state index in [1.54, 1.807) is 0 Å². The molecular weight excluding hydrogens is 322 g/mol. The quantitative estimate of drug-likeness (QED) is 0.850. The molecule has 0 radical (unpaired) electrons. The van der Waals surface area contributed by atoms with Crippen LogP contribution in [0.2, 0.25) is 0 Å². The number of likely N-dealkylation sites (tertiary alicyclic amines) is 1. The molecule has 1 aromatic heterocycles. The normalized spacial score (nSPS) is 26.3. The van der Waals surface area contributed by atoms with Crippen molar-refractivity contribution in [2.45, 2.75) is 77.0 Å². The zero-order valence-corrected chi connectivity index (χ0v) is 16.3. The number of hydrogen-bond donors (Lipinski definition) is 2. The van der Waals surface area contributed by atoms with Crippen molar-refractivity contribution >= 4 is 5.57 Å². The van der Waals surface area contributed by atoms with Crippen molar-refractivity contribution in [3.8, 4) is 0 Å². The Morgan fingerprint density at radius 1 is 1.00 bits per heavy atom. The van der Waals surface area contributed by atoms with E-state index in [0.717, 1.165) is 30.7 Å². The Bertz CT molecular complexity index is 661. The lowest BCUT2D eigenvalue weighted by Gasteiger charge is -2.41. The van der Waals surface area contributed by atoms with Crippen LogP contribution in [0.5, 0.6) is 0 Å². The van der Waals surface area contributed by atoms with Crippen molar-refractivity contribution < 1.29 is 4.42 Å². The van der Waals surface area contributed by atoms with Crippen LogP contribution in [0.1, 0.15) is 63.4 Å². The van der Waals surface area contributed by atoms with Crippen molar-refractivity contribution in [2.75, 3.05) is 13.1 Å². The van der Waals surface area contributed by atoms with E-state index in [2.05, 4.69) is 46.9 Å². The molecule has 4 rings (SSSR count). The maximum Gasteiger partial charge on any atom is 0.133 e. The predicted molar refractivity (Wildman–Crippen MR) is 107 cm³/mol. The summed E-state index contributed by atoms with van der Waals surface area (Å²) in [5, 5.41) is 7.55. The lowest BCUT2D eigenvalue weighted by Crippen LogP contribution is -2.53. The van der Waals surface area contributed by atoms with Gasteiger partial charge in [-0.1, -0.05) is 19.3 Å². The molecule has 2 aliphatic heterocycles. The second-order valence-electron chi connectivity index (χ2n) is 8.28. The van der Waals surface area contributed by atoms with Crippen LogP contribution in [-0.4, -0.2) is 36.2 Å². The number of dihydropyridines is 1. The summed E-state index contributed by atoms with van der Waals surface area (Å²) >= 11 is 0. The number of nitrogens with one attached hydrogen (secondary N) is 2. The van der Waals surface area contributed by atoms with Gasteiger partial charge in [-0.15, -0.1) is 0 Å². The minimum atomic E-state index is 0.222. The molecule has 26 heavy (non-hydrogen) atoms. The predicted octanol–water partition coefficient (Wildman–Crippen LogP) is 4.19. The first-order valence-corrected chi connectivity index (χ1v) is 10.4. The SMILES string of the molecule is CC1=CNC(N2CCC(NC3CCCCC3)CC2)C(c2ccc(C)o2)=C1. The van der Waals surface area contributed by atoms with E-state index < -0.39 is 0 Å². The number of allylic oxidation sites excluding steroid dienone is 2. The van der Waals surface area contributed by atoms with Crippen molar-refractivity contribution in [2.24, 2.45) is 0 Å². The van der Waals surface area contributed by atoms with Crippen molar-refractivity contribution in [1.82, 2.24) is 15.5 Å². The lowest BCUT2D eigenvalue weighted by atomic mass is 9.93. The van der Waals surface area contributed by atoms with E-state index >= 15 is 0 Å². The molecule has 0 spiro atoms. The van der Waals surface area contributed by atoms with Gasteiger partial charge in [0.2, 0.25) is 0 Å². The third-order valence-corrected chi connectivity index (χ3v) is 6.14. The summed E-state index contributed by atoms with van der Waals surface area (Å²) in [7, 11) is 0. The Labute approximate surface area is 157 Å². The first kappa shape index (κ1) is 17.9. The van der Waals surface area contributed by atoms with Gasteiger partial charge in [-0.3, -0.25) is 4.90 Å². The minimum absolute atomic E-state index is 0.222. The van der Waals surface area contributed by atoms with Crippen LogP contribution in [0, 0.1) is 6.92 Å². The fraction of sp³-hybridized carbons (Fsp3) is 0.636. The van der Waals surface area contributed by atoms with Gasteiger partial charge in [-0.05, 0) is 63.3 Å². The van der Waals surface area contributed by atoms with E-state index in [1.165, 1.54) is 56.1 Å². The molecule has 1 atom stereocenters. The van der Waals surface area contributed by atoms with Crippen LogP contribution >= 0.6 is 0 Å². The average molecular weight is 356 g/mol. The monoisotopic (exact) mass is 355 g/mol. The molecule has 2 fully saturated rings. The van der Waals surface area contributed by atoms with E-state index in [1.807, 2.05) is 6.92 Å². The van der Waals surface area contributed by atoms with Crippen molar-refractivity contribution in [3.63, 3.8) is 0 Å². The summed E-state index contributed by atoms with van der Waals surface area (Å²) < 4.78 is 5.94. The van der Waals surface area contributed by atoms with Gasteiger partial charge in [0.05, 0.1) is 0 Å². The molecule has 3 aliphatic rings. The molecule has 2 N–H and O–H groups in total. The van der Waals surface area contributed by atoms with Crippen molar-refractivity contribution in [1.29, 1.82) is 0 Å². The second kappa shape index (κ2) is 8.01. The fourth-order valence-electron chi connectivity index (χ4n) is 4.69. The van der Waals surface area contributed by atoms with Gasteiger partial charge in [-0.2, -0.15) is 0 Å². The Morgan fingerprint density at radius 3 is 2.42 bits per heavy atom. The molecule has 0 bridgehead atoms. The molecule has 1 saturated carbocycles. The summed E-state index contributed by atoms with van der Waals surface area (Å²) in [6.07, 6.45) is 14.1. The molecule has 1 aromatic rings. The first-order valence-electron chi connectivity index (χ1n) is 10.4. The summed E-state index contributed by atoms with van der Waals surface area (Å²) in [6, 6.07) is 5.61. The van der Waals surface area contributed by atoms with Gasteiger partial charge in [0.25, 0.3) is 0 Å². The summed E-state index contributed by atoms with van der Waals surface area (Å²) in [6.45, 7) is 6.41. The van der Waals surface area contributed by atoms with Gasteiger partial charge in [0.15, 0.2) is 0 Å². The number of rotatable bonds is 4. The Kier molecular flexibility index (Phi) is 5.51. The Morgan fingerprint density at radius 2 is 1.73 bits per heavy atom. The van der Waals surface area contributed by atoms with Crippen molar-refractivity contribution in [3.05, 3.63) is 41.5 Å². The van der Waals surface area contributed by atoms with E-state index in [-0.39, 0.29) is 6.17 Å². The third-order valence-electron chi connectivity index (χ3n) is 6.14. The van der Waals surface area contributed by atoms with Crippen LogP contribution in [0.4, 0.5) is 0 Å². The van der Waals surface area contributed by atoms with Gasteiger partial charge in [-0.25, -0.2) is 0 Å². The fourth-order valence-corrected chi connectivity index (χ4v) is 4.69. The van der Waals surface area contributed by atoms with Crippen LogP contribution in [0.15, 0.2) is 34.4 Å². The highest BCUT2D eigenvalue weighted by atomic mass is 16.3. The maximum atomic E-state index is 5.94. The second-order valence-corrected chi connectivity index (χ2v) is 8.28. The summed E-state index contributed by atoms with van der Waals surface area (Å²) in [4.78, 5) is 2.58. The van der Waals surface area contributed by atoms with Crippen LogP contribution in [0.3, 0.4) is 0 Å². The van der Waals surface area contributed by atoms with Gasteiger partial charge < -0.3 is 15.1 Å².